The number of benzene rings is 2. The summed E-state index contributed by atoms with van der Waals surface area (Å²) in [6, 6.07) is 14.8. The number of fused-ring (bicyclic) bond motifs is 1. The second kappa shape index (κ2) is 9.37. The Kier molecular flexibility index (Phi) is 5.91. The molecule has 0 spiro atoms. The molecule has 9 heteroatoms. The molecule has 1 saturated heterocycles. The van der Waals surface area contributed by atoms with Crippen LogP contribution >= 0.6 is 0 Å². The van der Waals surface area contributed by atoms with Crippen LogP contribution in [0.1, 0.15) is 61.3 Å². The van der Waals surface area contributed by atoms with Crippen LogP contribution in [-0.4, -0.2) is 56.1 Å². The monoisotopic (exact) mass is 486 g/mol. The molecule has 3 aliphatic rings. The van der Waals surface area contributed by atoms with Crippen molar-refractivity contribution in [2.45, 2.75) is 63.1 Å². The molecule has 3 unspecified atom stereocenters. The van der Waals surface area contributed by atoms with Gasteiger partial charge < -0.3 is 15.0 Å². The topological polar surface area (TPSA) is 102 Å². The summed E-state index contributed by atoms with van der Waals surface area (Å²) in [5.41, 5.74) is 2.10. The highest BCUT2D eigenvalue weighted by Crippen LogP contribution is 2.41. The highest BCUT2D eigenvalue weighted by atomic mass is 16.5. The van der Waals surface area contributed by atoms with Crippen molar-refractivity contribution in [2.75, 3.05) is 12.4 Å². The molecule has 0 bridgehead atoms. The molecule has 1 aliphatic heterocycles. The quantitative estimate of drug-likeness (QED) is 0.563. The minimum atomic E-state index is -0.516. The van der Waals surface area contributed by atoms with Crippen LogP contribution in [-0.2, 0) is 4.79 Å². The van der Waals surface area contributed by atoms with E-state index in [0.717, 1.165) is 49.9 Å². The van der Waals surface area contributed by atoms with Crippen molar-refractivity contribution in [3.63, 3.8) is 0 Å². The van der Waals surface area contributed by atoms with Gasteiger partial charge in [-0.3, -0.25) is 9.59 Å². The molecule has 2 heterocycles. The Morgan fingerprint density at radius 2 is 1.78 bits per heavy atom. The smallest absolute Gasteiger partial charge is 0.258 e. The number of carbonyl (C=O) groups excluding carboxylic acids is 2. The van der Waals surface area contributed by atoms with E-state index < -0.39 is 6.04 Å². The number of nitrogens with one attached hydrogen (secondary N) is 1. The fourth-order valence-electron chi connectivity index (χ4n) is 5.82. The van der Waals surface area contributed by atoms with Crippen LogP contribution in [0.2, 0.25) is 0 Å². The zero-order valence-corrected chi connectivity index (χ0v) is 20.3. The number of nitrogens with zero attached hydrogens (tertiary/aromatic N) is 5. The van der Waals surface area contributed by atoms with E-state index in [1.165, 1.54) is 0 Å². The highest BCUT2D eigenvalue weighted by molar-refractivity contribution is 6.03. The van der Waals surface area contributed by atoms with Gasteiger partial charge in [0.25, 0.3) is 5.91 Å². The second-order valence-corrected chi connectivity index (χ2v) is 10.0. The number of amides is 2. The van der Waals surface area contributed by atoms with Gasteiger partial charge in [-0.15, -0.1) is 5.10 Å². The molecular formula is C27H30N6O3. The molecule has 2 aromatic carbocycles. The Morgan fingerprint density at radius 1 is 1.00 bits per heavy atom. The zero-order valence-electron chi connectivity index (χ0n) is 20.3. The average Bonchev–Trinajstić information content (AvgIpc) is 3.51. The number of aromatic nitrogens is 4. The Morgan fingerprint density at radius 3 is 2.56 bits per heavy atom. The van der Waals surface area contributed by atoms with E-state index >= 15 is 0 Å². The average molecular weight is 487 g/mol. The summed E-state index contributed by atoms with van der Waals surface area (Å²) in [4.78, 5) is 29.1. The number of methoxy groups -OCH3 is 1. The van der Waals surface area contributed by atoms with Crippen molar-refractivity contribution in [3.8, 4) is 17.1 Å². The van der Waals surface area contributed by atoms with Crippen LogP contribution in [0, 0.1) is 5.92 Å². The molecule has 0 radical (unpaired) electrons. The number of hydrogen-bond donors (Lipinski definition) is 1. The molecular weight excluding hydrogens is 456 g/mol. The van der Waals surface area contributed by atoms with Crippen molar-refractivity contribution in [3.05, 3.63) is 54.1 Å². The van der Waals surface area contributed by atoms with Gasteiger partial charge in [0.2, 0.25) is 5.91 Å². The van der Waals surface area contributed by atoms with Gasteiger partial charge >= 0.3 is 0 Å². The summed E-state index contributed by atoms with van der Waals surface area (Å²) >= 11 is 0. The van der Waals surface area contributed by atoms with E-state index in [4.69, 9.17) is 4.74 Å². The summed E-state index contributed by atoms with van der Waals surface area (Å²) in [6.07, 6.45) is 7.08. The predicted octanol–water partition coefficient (Wildman–Crippen LogP) is 4.10. The summed E-state index contributed by atoms with van der Waals surface area (Å²) in [7, 11) is 1.57. The third-order valence-corrected chi connectivity index (χ3v) is 7.76. The van der Waals surface area contributed by atoms with E-state index in [2.05, 4.69) is 20.8 Å². The highest BCUT2D eigenvalue weighted by Gasteiger charge is 2.48. The van der Waals surface area contributed by atoms with Crippen LogP contribution < -0.4 is 10.1 Å². The lowest BCUT2D eigenvalue weighted by atomic mass is 9.84. The molecule has 186 valence electrons. The van der Waals surface area contributed by atoms with Crippen LogP contribution in [0.5, 0.6) is 5.75 Å². The van der Waals surface area contributed by atoms with Gasteiger partial charge in [0, 0.05) is 17.3 Å². The van der Waals surface area contributed by atoms with Gasteiger partial charge in [-0.05, 0) is 84.8 Å². The summed E-state index contributed by atoms with van der Waals surface area (Å²) in [5.74, 6) is 1.33. The number of rotatable bonds is 6. The molecule has 2 aliphatic carbocycles. The Hall–Kier alpha value is -3.75. The molecule has 1 N–H and O–H groups in total. The molecule has 3 aromatic rings. The molecule has 9 nitrogen and oxygen atoms in total. The largest absolute Gasteiger partial charge is 0.496 e. The SMILES string of the molecule is COc1ccccc1C(=O)N1C(C(=O)Nc2ccc(-c3nnnn3C3CC3)cc2)CC2CCCCC21. The second-order valence-electron chi connectivity index (χ2n) is 10.0. The van der Waals surface area contributed by atoms with Crippen molar-refractivity contribution in [1.29, 1.82) is 0 Å². The molecule has 6 rings (SSSR count). The number of tetrazole rings is 1. The van der Waals surface area contributed by atoms with Crippen molar-refractivity contribution < 1.29 is 14.3 Å². The maximum Gasteiger partial charge on any atom is 0.258 e. The Balaban J connectivity index is 1.23. The van der Waals surface area contributed by atoms with Gasteiger partial charge in [0.1, 0.15) is 11.8 Å². The maximum absolute atomic E-state index is 13.8. The lowest BCUT2D eigenvalue weighted by molar-refractivity contribution is -0.120. The fraction of sp³-hybridized carbons (Fsp3) is 0.444. The first-order valence-electron chi connectivity index (χ1n) is 12.8. The molecule has 2 amide bonds. The first-order chi connectivity index (χ1) is 17.6. The molecule has 2 saturated carbocycles. The number of anilines is 1. The Bertz CT molecular complexity index is 1270. The van der Waals surface area contributed by atoms with Crippen LogP contribution in [0.3, 0.4) is 0 Å². The lowest BCUT2D eigenvalue weighted by Crippen LogP contribution is -2.47. The van der Waals surface area contributed by atoms with E-state index in [1.807, 2.05) is 46.0 Å². The third kappa shape index (κ3) is 4.12. The molecule has 1 aromatic heterocycles. The fourth-order valence-corrected chi connectivity index (χ4v) is 5.82. The minimum absolute atomic E-state index is 0.0792. The predicted molar refractivity (Wildman–Crippen MR) is 133 cm³/mol. The van der Waals surface area contributed by atoms with Crippen molar-refractivity contribution in [2.24, 2.45) is 5.92 Å². The third-order valence-electron chi connectivity index (χ3n) is 7.76. The molecule has 36 heavy (non-hydrogen) atoms. The van der Waals surface area contributed by atoms with Gasteiger partial charge in [-0.2, -0.15) is 0 Å². The zero-order chi connectivity index (χ0) is 24.6. The number of likely N-dealkylation sites (tertiary alicyclic amines) is 1. The summed E-state index contributed by atoms with van der Waals surface area (Å²) in [6.45, 7) is 0. The van der Waals surface area contributed by atoms with Crippen LogP contribution in [0.4, 0.5) is 5.69 Å². The van der Waals surface area contributed by atoms with Gasteiger partial charge in [-0.25, -0.2) is 4.68 Å². The van der Waals surface area contributed by atoms with Crippen LogP contribution in [0.25, 0.3) is 11.4 Å². The van der Waals surface area contributed by atoms with E-state index in [1.54, 1.807) is 19.2 Å². The lowest BCUT2D eigenvalue weighted by Gasteiger charge is -2.34. The van der Waals surface area contributed by atoms with Gasteiger partial charge in [0.05, 0.1) is 18.7 Å². The van der Waals surface area contributed by atoms with Gasteiger partial charge in [-0.1, -0.05) is 25.0 Å². The molecule has 3 fully saturated rings. The van der Waals surface area contributed by atoms with Crippen molar-refractivity contribution >= 4 is 17.5 Å². The standard InChI is InChI=1S/C27H30N6O3/c1-36-24-9-5-3-7-21(24)27(35)32-22-8-4-2-6-18(22)16-23(32)26(34)28-19-12-10-17(11-13-19)25-29-30-31-33(25)20-14-15-20/h3,5,7,9-13,18,20,22-23H,2,4,6,8,14-16H2,1H3,(H,28,34). The van der Waals surface area contributed by atoms with E-state index in [0.29, 0.717) is 35.4 Å². The minimum Gasteiger partial charge on any atom is -0.496 e. The van der Waals surface area contributed by atoms with Crippen LogP contribution in [0.15, 0.2) is 48.5 Å². The first kappa shape index (κ1) is 22.7. The first-order valence-corrected chi connectivity index (χ1v) is 12.8. The number of para-hydroxylation sites is 1. The summed E-state index contributed by atoms with van der Waals surface area (Å²) < 4.78 is 7.33. The number of hydrogen-bond acceptors (Lipinski definition) is 6. The Labute approximate surface area is 209 Å². The maximum atomic E-state index is 13.8. The number of ether oxygens (including phenoxy) is 1. The normalized spacial score (nSPS) is 23.2. The number of carbonyl (C=O) groups is 2. The van der Waals surface area contributed by atoms with Gasteiger partial charge in [0.15, 0.2) is 5.82 Å². The molecule has 3 atom stereocenters. The summed E-state index contributed by atoms with van der Waals surface area (Å²) in [5, 5.41) is 15.2. The van der Waals surface area contributed by atoms with E-state index in [9.17, 15) is 9.59 Å². The van der Waals surface area contributed by atoms with E-state index in [-0.39, 0.29) is 17.9 Å². The van der Waals surface area contributed by atoms with Crippen molar-refractivity contribution in [1.82, 2.24) is 25.1 Å².